The molecule has 2 heterocycles. The van der Waals surface area contributed by atoms with E-state index >= 15 is 0 Å². The zero-order valence-corrected chi connectivity index (χ0v) is 14.0. The summed E-state index contributed by atoms with van der Waals surface area (Å²) < 4.78 is 11.0. The predicted molar refractivity (Wildman–Crippen MR) is 88.1 cm³/mol. The summed E-state index contributed by atoms with van der Waals surface area (Å²) >= 11 is 0. The molecule has 0 radical (unpaired) electrons. The van der Waals surface area contributed by atoms with E-state index in [1.807, 2.05) is 35.2 Å². The van der Waals surface area contributed by atoms with Crippen LogP contribution in [0.5, 0.6) is 0 Å². The molecule has 2 aromatic rings. The molecule has 1 saturated heterocycles. The Morgan fingerprint density at radius 2 is 2.17 bits per heavy atom. The van der Waals surface area contributed by atoms with Crippen LogP contribution in [0.1, 0.15) is 49.5 Å². The molecule has 6 nitrogen and oxygen atoms in total. The monoisotopic (exact) mass is 329 g/mol. The van der Waals surface area contributed by atoms with Crippen LogP contribution in [0, 0.1) is 0 Å². The second-order valence-corrected chi connectivity index (χ2v) is 6.06. The molecule has 1 aromatic carbocycles. The van der Waals surface area contributed by atoms with Crippen molar-refractivity contribution in [2.24, 2.45) is 0 Å². The molecule has 0 bridgehead atoms. The van der Waals surface area contributed by atoms with E-state index in [1.54, 1.807) is 6.92 Å². The Morgan fingerprint density at radius 3 is 2.96 bits per heavy atom. The van der Waals surface area contributed by atoms with E-state index in [2.05, 4.69) is 10.1 Å². The first kappa shape index (κ1) is 16.6. The van der Waals surface area contributed by atoms with Crippen LogP contribution in [-0.4, -0.2) is 34.1 Å². The largest absolute Gasteiger partial charge is 0.376 e. The van der Waals surface area contributed by atoms with Crippen LogP contribution in [0.2, 0.25) is 0 Å². The number of carbonyl (C=O) groups excluding carboxylic acids is 1. The van der Waals surface area contributed by atoms with Gasteiger partial charge >= 0.3 is 0 Å². The van der Waals surface area contributed by atoms with E-state index in [4.69, 9.17) is 9.26 Å². The fourth-order valence-corrected chi connectivity index (χ4v) is 3.00. The molecule has 1 aromatic heterocycles. The van der Waals surface area contributed by atoms with Crippen LogP contribution in [0.15, 0.2) is 34.9 Å². The predicted octanol–water partition coefficient (Wildman–Crippen LogP) is 2.90. The molecular formula is C18H23N3O3. The van der Waals surface area contributed by atoms with Gasteiger partial charge in [0.1, 0.15) is 6.04 Å². The fourth-order valence-electron chi connectivity index (χ4n) is 3.00. The number of ether oxygens (including phenoxy) is 1. The van der Waals surface area contributed by atoms with Gasteiger partial charge in [-0.2, -0.15) is 4.98 Å². The van der Waals surface area contributed by atoms with Gasteiger partial charge in [0.05, 0.1) is 13.2 Å². The molecule has 24 heavy (non-hydrogen) atoms. The van der Waals surface area contributed by atoms with Gasteiger partial charge in [0.25, 0.3) is 0 Å². The minimum atomic E-state index is -0.0808. The van der Waals surface area contributed by atoms with Crippen LogP contribution >= 0.6 is 0 Å². The number of carbonyl (C=O) groups is 1. The average Bonchev–Trinajstić information content (AvgIpc) is 3.08. The maximum absolute atomic E-state index is 11.8. The second kappa shape index (κ2) is 8.06. The molecule has 0 aliphatic carbocycles. The maximum Gasteiger partial charge on any atom is 0.249 e. The highest BCUT2D eigenvalue weighted by Crippen LogP contribution is 2.29. The highest BCUT2D eigenvalue weighted by Gasteiger charge is 2.30. The number of rotatable bonds is 6. The Balaban J connectivity index is 1.50. The van der Waals surface area contributed by atoms with Gasteiger partial charge in [-0.05, 0) is 24.8 Å². The quantitative estimate of drug-likeness (QED) is 0.762. The first-order chi connectivity index (χ1) is 11.7. The van der Waals surface area contributed by atoms with Gasteiger partial charge in [-0.15, -0.1) is 0 Å². The minimum absolute atomic E-state index is 0.0608. The van der Waals surface area contributed by atoms with Gasteiger partial charge in [-0.25, -0.2) is 0 Å². The molecule has 1 aliphatic rings. The number of likely N-dealkylation sites (tertiary alicyclic amines) is 1. The molecule has 1 fully saturated rings. The topological polar surface area (TPSA) is 68.5 Å². The molecule has 1 aliphatic heterocycles. The van der Waals surface area contributed by atoms with Gasteiger partial charge in [-0.1, -0.05) is 35.5 Å². The third-order valence-electron chi connectivity index (χ3n) is 4.26. The van der Waals surface area contributed by atoms with E-state index in [-0.39, 0.29) is 11.9 Å². The first-order valence-electron chi connectivity index (χ1n) is 8.45. The number of piperidine rings is 1. The van der Waals surface area contributed by atoms with E-state index in [0.717, 1.165) is 31.4 Å². The molecule has 128 valence electrons. The number of hydrogen-bond acceptors (Lipinski definition) is 5. The summed E-state index contributed by atoms with van der Waals surface area (Å²) in [5, 5.41) is 4.03. The average molecular weight is 329 g/mol. The lowest BCUT2D eigenvalue weighted by atomic mass is 10.0. The zero-order valence-electron chi connectivity index (χ0n) is 14.0. The number of hydrogen-bond donors (Lipinski definition) is 0. The lowest BCUT2D eigenvalue weighted by Gasteiger charge is -2.32. The van der Waals surface area contributed by atoms with Crippen LogP contribution in [0.3, 0.4) is 0 Å². The van der Waals surface area contributed by atoms with Gasteiger partial charge in [0.2, 0.25) is 11.8 Å². The van der Waals surface area contributed by atoms with E-state index < -0.39 is 0 Å². The van der Waals surface area contributed by atoms with Gasteiger partial charge in [0.15, 0.2) is 5.82 Å². The van der Waals surface area contributed by atoms with E-state index in [9.17, 15) is 4.79 Å². The summed E-state index contributed by atoms with van der Waals surface area (Å²) in [6.45, 7) is 3.46. The Bertz CT molecular complexity index is 657. The lowest BCUT2D eigenvalue weighted by molar-refractivity contribution is -0.133. The Labute approximate surface area is 141 Å². The number of aromatic nitrogens is 2. The minimum Gasteiger partial charge on any atom is -0.376 e. The van der Waals surface area contributed by atoms with Crippen molar-refractivity contribution in [2.45, 2.75) is 45.3 Å². The Morgan fingerprint density at radius 1 is 1.33 bits per heavy atom. The standard InChI is InChI=1S/C18H23N3O3/c1-14(22)21-11-6-5-9-16(21)18-19-17(20-24-18)10-12-23-13-15-7-3-2-4-8-15/h2-4,7-8,16H,5-6,9-13H2,1H3. The van der Waals surface area contributed by atoms with Crippen molar-refractivity contribution in [3.05, 3.63) is 47.6 Å². The van der Waals surface area contributed by atoms with Crippen LogP contribution in [0.25, 0.3) is 0 Å². The van der Waals surface area contributed by atoms with Gasteiger partial charge < -0.3 is 14.2 Å². The summed E-state index contributed by atoms with van der Waals surface area (Å²) in [7, 11) is 0. The summed E-state index contributed by atoms with van der Waals surface area (Å²) in [6.07, 6.45) is 3.59. The highest BCUT2D eigenvalue weighted by molar-refractivity contribution is 5.73. The molecule has 1 amide bonds. The molecule has 6 heteroatoms. The Hall–Kier alpha value is -2.21. The number of nitrogens with zero attached hydrogens (tertiary/aromatic N) is 3. The maximum atomic E-state index is 11.8. The lowest BCUT2D eigenvalue weighted by Crippen LogP contribution is -2.37. The summed E-state index contributed by atoms with van der Waals surface area (Å²) in [5.41, 5.74) is 1.14. The number of amides is 1. The normalized spacial score (nSPS) is 17.9. The molecule has 0 saturated carbocycles. The summed E-state index contributed by atoms with van der Waals surface area (Å²) in [6, 6.07) is 9.96. The third kappa shape index (κ3) is 4.20. The molecule has 1 atom stereocenters. The Kier molecular flexibility index (Phi) is 5.59. The van der Waals surface area contributed by atoms with Gasteiger partial charge in [-0.3, -0.25) is 4.79 Å². The summed E-state index contributed by atoms with van der Waals surface area (Å²) in [5.74, 6) is 1.24. The van der Waals surface area contributed by atoms with Crippen molar-refractivity contribution in [3.8, 4) is 0 Å². The van der Waals surface area contributed by atoms with Crippen molar-refractivity contribution < 1.29 is 14.1 Å². The molecule has 3 rings (SSSR count). The van der Waals surface area contributed by atoms with Crippen molar-refractivity contribution >= 4 is 5.91 Å². The van der Waals surface area contributed by atoms with Crippen molar-refractivity contribution in [2.75, 3.05) is 13.2 Å². The van der Waals surface area contributed by atoms with Crippen molar-refractivity contribution in [1.29, 1.82) is 0 Å². The van der Waals surface area contributed by atoms with Gasteiger partial charge in [0, 0.05) is 19.9 Å². The van der Waals surface area contributed by atoms with Crippen LogP contribution in [-0.2, 0) is 22.6 Å². The SMILES string of the molecule is CC(=O)N1CCCCC1c1nc(CCOCc2ccccc2)no1. The van der Waals surface area contributed by atoms with E-state index in [0.29, 0.717) is 31.3 Å². The van der Waals surface area contributed by atoms with Crippen LogP contribution < -0.4 is 0 Å². The third-order valence-corrected chi connectivity index (χ3v) is 4.26. The molecule has 1 unspecified atom stereocenters. The molecule has 0 spiro atoms. The van der Waals surface area contributed by atoms with Crippen molar-refractivity contribution in [1.82, 2.24) is 15.0 Å². The van der Waals surface area contributed by atoms with Crippen molar-refractivity contribution in [3.63, 3.8) is 0 Å². The molecular weight excluding hydrogens is 306 g/mol. The number of benzene rings is 1. The van der Waals surface area contributed by atoms with Crippen LogP contribution in [0.4, 0.5) is 0 Å². The highest BCUT2D eigenvalue weighted by atomic mass is 16.5. The fraction of sp³-hybridized carbons (Fsp3) is 0.500. The zero-order chi connectivity index (χ0) is 16.8. The molecule has 0 N–H and O–H groups in total. The summed E-state index contributed by atoms with van der Waals surface area (Å²) in [4.78, 5) is 18.0. The smallest absolute Gasteiger partial charge is 0.249 e. The van der Waals surface area contributed by atoms with E-state index in [1.165, 1.54) is 0 Å². The first-order valence-corrected chi connectivity index (χ1v) is 8.45. The second-order valence-electron chi connectivity index (χ2n) is 6.06.